The van der Waals surface area contributed by atoms with Crippen molar-refractivity contribution < 1.29 is 18.6 Å². The van der Waals surface area contributed by atoms with Gasteiger partial charge in [0, 0.05) is 27.2 Å². The lowest BCUT2D eigenvalue weighted by Gasteiger charge is -2.19. The number of H-pyrrole nitrogens is 1. The van der Waals surface area contributed by atoms with Crippen molar-refractivity contribution in [1.29, 1.82) is 0 Å². The molecule has 1 aliphatic carbocycles. The minimum atomic E-state index is -3.22. The Balaban J connectivity index is 1.54. The lowest BCUT2D eigenvalue weighted by atomic mass is 10.1. The van der Waals surface area contributed by atoms with Crippen LogP contribution in [0.4, 0.5) is 8.78 Å². The number of phenols is 1. The molecule has 0 saturated heterocycles. The van der Waals surface area contributed by atoms with Crippen LogP contribution in [0.3, 0.4) is 0 Å². The first-order valence-electron chi connectivity index (χ1n) is 9.55. The second-order valence-corrected chi connectivity index (χ2v) is 8.62. The molecule has 0 aliphatic heterocycles. The Morgan fingerprint density at radius 3 is 2.69 bits per heavy atom. The van der Waals surface area contributed by atoms with Crippen LogP contribution in [0, 0.1) is 0 Å². The number of halogens is 2. The van der Waals surface area contributed by atoms with Gasteiger partial charge in [-0.15, -0.1) is 11.8 Å². The van der Waals surface area contributed by atoms with Crippen molar-refractivity contribution >= 4 is 22.7 Å². The van der Waals surface area contributed by atoms with E-state index in [2.05, 4.69) is 4.98 Å². The van der Waals surface area contributed by atoms with Crippen LogP contribution in [0.25, 0.3) is 10.9 Å². The second-order valence-electron chi connectivity index (χ2n) is 7.24. The summed E-state index contributed by atoms with van der Waals surface area (Å²) in [4.78, 5) is 15.2. The van der Waals surface area contributed by atoms with Crippen molar-refractivity contribution in [2.45, 2.75) is 41.8 Å². The summed E-state index contributed by atoms with van der Waals surface area (Å²) in [6.45, 7) is -0.904. The zero-order chi connectivity index (χ0) is 20.4. The van der Waals surface area contributed by atoms with Gasteiger partial charge in [0.25, 0.3) is 5.56 Å². The minimum absolute atomic E-state index is 0.0100. The number of para-hydroxylation sites is 1. The van der Waals surface area contributed by atoms with Crippen molar-refractivity contribution in [3.05, 3.63) is 64.4 Å². The summed E-state index contributed by atoms with van der Waals surface area (Å²) < 4.78 is 35.1. The topological polar surface area (TPSA) is 62.3 Å². The summed E-state index contributed by atoms with van der Waals surface area (Å²) in [5.74, 6) is -3.36. The maximum atomic E-state index is 14.8. The Bertz CT molecular complexity index is 1080. The highest BCUT2D eigenvalue weighted by Gasteiger charge is 2.33. The first kappa shape index (κ1) is 19.8. The van der Waals surface area contributed by atoms with Gasteiger partial charge in [-0.25, -0.2) is 0 Å². The third-order valence-corrected chi connectivity index (χ3v) is 6.42. The van der Waals surface area contributed by atoms with E-state index < -0.39 is 18.1 Å². The minimum Gasteiger partial charge on any atom is -0.506 e. The van der Waals surface area contributed by atoms with Gasteiger partial charge in [-0.05, 0) is 37.1 Å². The predicted octanol–water partition coefficient (Wildman–Crippen LogP) is 5.44. The van der Waals surface area contributed by atoms with Gasteiger partial charge in [-0.2, -0.15) is 8.78 Å². The zero-order valence-electron chi connectivity index (χ0n) is 15.7. The number of alkyl halides is 2. The number of nitrogens with one attached hydrogen (secondary N) is 1. The largest absolute Gasteiger partial charge is 0.506 e. The summed E-state index contributed by atoms with van der Waals surface area (Å²) in [7, 11) is 0. The Labute approximate surface area is 170 Å². The van der Waals surface area contributed by atoms with E-state index in [1.54, 1.807) is 30.0 Å². The average Bonchev–Trinajstić information content (AvgIpc) is 3.20. The van der Waals surface area contributed by atoms with E-state index >= 15 is 0 Å². The van der Waals surface area contributed by atoms with Gasteiger partial charge in [0.15, 0.2) is 6.61 Å². The van der Waals surface area contributed by atoms with Gasteiger partial charge in [0.2, 0.25) is 0 Å². The molecular weight excluding hydrogens is 396 g/mol. The van der Waals surface area contributed by atoms with Crippen LogP contribution in [0.5, 0.6) is 11.5 Å². The average molecular weight is 417 g/mol. The van der Waals surface area contributed by atoms with E-state index in [1.165, 1.54) is 31.0 Å². The molecule has 29 heavy (non-hydrogen) atoms. The van der Waals surface area contributed by atoms with Gasteiger partial charge in [0.05, 0.1) is 5.52 Å². The molecule has 7 heteroatoms. The van der Waals surface area contributed by atoms with E-state index in [-0.39, 0.29) is 22.6 Å². The van der Waals surface area contributed by atoms with Crippen LogP contribution in [0.1, 0.15) is 31.2 Å². The van der Waals surface area contributed by atoms with Crippen LogP contribution >= 0.6 is 11.8 Å². The van der Waals surface area contributed by atoms with Crippen molar-refractivity contribution in [2.75, 3.05) is 6.61 Å². The number of aromatic amines is 1. The highest BCUT2D eigenvalue weighted by atomic mass is 32.2. The molecule has 0 atom stereocenters. The quantitative estimate of drug-likeness (QED) is 0.561. The first-order valence-corrected chi connectivity index (χ1v) is 10.4. The third-order valence-electron chi connectivity index (χ3n) is 5.09. The number of hydrogen-bond acceptors (Lipinski definition) is 4. The molecule has 1 aliphatic rings. The van der Waals surface area contributed by atoms with E-state index in [0.717, 1.165) is 23.8 Å². The van der Waals surface area contributed by atoms with Crippen LogP contribution in [0.2, 0.25) is 0 Å². The second kappa shape index (κ2) is 8.06. The van der Waals surface area contributed by atoms with Gasteiger partial charge in [-0.1, -0.05) is 31.0 Å². The molecule has 152 valence electrons. The molecule has 0 unspecified atom stereocenters. The third kappa shape index (κ3) is 4.40. The van der Waals surface area contributed by atoms with Crippen molar-refractivity contribution in [3.63, 3.8) is 0 Å². The molecular formula is C22H21F2NO3S. The number of thioether (sulfide) groups is 1. The molecule has 1 heterocycles. The molecule has 2 aromatic carbocycles. The maximum Gasteiger partial charge on any atom is 0.306 e. The Morgan fingerprint density at radius 2 is 1.90 bits per heavy atom. The molecule has 4 nitrogen and oxygen atoms in total. The number of phenolic OH excluding ortho intramolecular Hbond substituents is 1. The Hall–Kier alpha value is -2.54. The molecule has 0 spiro atoms. The number of pyridine rings is 1. The fraction of sp³-hybridized carbons (Fsp3) is 0.318. The normalized spacial score (nSPS) is 15.1. The molecule has 4 rings (SSSR count). The highest BCUT2D eigenvalue weighted by Crippen LogP contribution is 2.38. The SMILES string of the molecule is O=c1cc(OCC(F)(F)c2cccc(SC3CCCC3)c2)c2cccc(O)c2[nH]1. The zero-order valence-corrected chi connectivity index (χ0v) is 16.5. The van der Waals surface area contributed by atoms with Gasteiger partial charge in [0.1, 0.15) is 11.5 Å². The predicted molar refractivity (Wildman–Crippen MR) is 110 cm³/mol. The fourth-order valence-corrected chi connectivity index (χ4v) is 4.91. The van der Waals surface area contributed by atoms with Crippen molar-refractivity contribution in [3.8, 4) is 11.5 Å². The smallest absolute Gasteiger partial charge is 0.306 e. The van der Waals surface area contributed by atoms with Crippen LogP contribution in [-0.4, -0.2) is 21.9 Å². The first-order chi connectivity index (χ1) is 13.9. The van der Waals surface area contributed by atoms with E-state index in [1.807, 2.05) is 6.07 Å². The Kier molecular flexibility index (Phi) is 5.50. The number of rotatable bonds is 6. The molecule has 1 aromatic heterocycles. The Morgan fingerprint density at radius 1 is 1.14 bits per heavy atom. The van der Waals surface area contributed by atoms with Gasteiger partial charge < -0.3 is 14.8 Å². The number of ether oxygens (including phenoxy) is 1. The van der Waals surface area contributed by atoms with Crippen LogP contribution in [0.15, 0.2) is 58.2 Å². The lowest BCUT2D eigenvalue weighted by molar-refractivity contribution is -0.0465. The summed E-state index contributed by atoms with van der Waals surface area (Å²) in [5, 5.41) is 10.8. The number of hydrogen-bond donors (Lipinski definition) is 2. The lowest BCUT2D eigenvalue weighted by Crippen LogP contribution is -2.23. The highest BCUT2D eigenvalue weighted by molar-refractivity contribution is 8.00. The molecule has 0 radical (unpaired) electrons. The van der Waals surface area contributed by atoms with E-state index in [0.29, 0.717) is 10.6 Å². The summed E-state index contributed by atoms with van der Waals surface area (Å²) in [6.07, 6.45) is 4.63. The summed E-state index contributed by atoms with van der Waals surface area (Å²) in [5.41, 5.74) is -0.488. The monoisotopic (exact) mass is 417 g/mol. The van der Waals surface area contributed by atoms with Crippen LogP contribution in [-0.2, 0) is 5.92 Å². The molecule has 1 saturated carbocycles. The number of aromatic nitrogens is 1. The fourth-order valence-electron chi connectivity index (χ4n) is 3.60. The van der Waals surface area contributed by atoms with Crippen molar-refractivity contribution in [2.24, 2.45) is 0 Å². The van der Waals surface area contributed by atoms with Gasteiger partial charge in [-0.3, -0.25) is 4.79 Å². The number of fused-ring (bicyclic) bond motifs is 1. The number of benzene rings is 2. The summed E-state index contributed by atoms with van der Waals surface area (Å²) >= 11 is 1.65. The van der Waals surface area contributed by atoms with Crippen LogP contribution < -0.4 is 10.3 Å². The molecule has 2 N–H and O–H groups in total. The van der Waals surface area contributed by atoms with Gasteiger partial charge >= 0.3 is 5.92 Å². The molecule has 0 amide bonds. The van der Waals surface area contributed by atoms with E-state index in [9.17, 15) is 18.7 Å². The van der Waals surface area contributed by atoms with Crippen molar-refractivity contribution in [1.82, 2.24) is 4.98 Å². The molecule has 1 fully saturated rings. The standard InChI is InChI=1S/C22H21F2NO3S/c23-22(24,14-5-3-8-16(11-14)29-15-6-1-2-7-15)13-28-19-12-20(27)25-21-17(19)9-4-10-18(21)26/h3-5,8-12,15,26H,1-2,6-7,13H2,(H,25,27). The molecule has 0 bridgehead atoms. The molecule has 3 aromatic rings. The maximum absolute atomic E-state index is 14.8. The number of aromatic hydroxyl groups is 1. The van der Waals surface area contributed by atoms with E-state index in [4.69, 9.17) is 4.74 Å². The summed E-state index contributed by atoms with van der Waals surface area (Å²) in [6, 6.07) is 12.1.